The highest BCUT2D eigenvalue weighted by atomic mass is 16.5. The van der Waals surface area contributed by atoms with E-state index in [1.165, 1.54) is 5.69 Å². The molecule has 2 aromatic rings. The fraction of sp³-hybridized carbons (Fsp3) is 0.350. The molecule has 1 N–H and O–H groups in total. The van der Waals surface area contributed by atoms with Crippen molar-refractivity contribution in [1.29, 1.82) is 0 Å². The molecule has 1 heterocycles. The van der Waals surface area contributed by atoms with E-state index in [2.05, 4.69) is 40.4 Å². The van der Waals surface area contributed by atoms with Crippen LogP contribution in [0.15, 0.2) is 48.5 Å². The summed E-state index contributed by atoms with van der Waals surface area (Å²) >= 11 is 0. The van der Waals surface area contributed by atoms with Gasteiger partial charge in [-0.05, 0) is 42.9 Å². The number of methoxy groups -OCH3 is 1. The Morgan fingerprint density at radius 1 is 1.04 bits per heavy atom. The van der Waals surface area contributed by atoms with Gasteiger partial charge in [0.05, 0.1) is 7.11 Å². The lowest BCUT2D eigenvalue weighted by molar-refractivity contribution is 0.0951. The Morgan fingerprint density at radius 2 is 1.72 bits per heavy atom. The minimum Gasteiger partial charge on any atom is -0.497 e. The standard InChI is InChI=1S/C20H25N3O2/c1-22-11-13-23(14-12-22)19-6-4-3-5-17(19)15-21-20(24)16-7-9-18(25-2)10-8-16/h3-10H,11-15H2,1-2H3,(H,21,24). The van der Waals surface area contributed by atoms with E-state index < -0.39 is 0 Å². The molecule has 2 aromatic carbocycles. The van der Waals surface area contributed by atoms with E-state index in [1.807, 2.05) is 6.07 Å². The first-order chi connectivity index (χ1) is 12.2. The number of carbonyl (C=O) groups is 1. The van der Waals surface area contributed by atoms with Crippen molar-refractivity contribution in [2.45, 2.75) is 6.54 Å². The van der Waals surface area contributed by atoms with Crippen LogP contribution in [-0.2, 0) is 6.54 Å². The molecule has 1 saturated heterocycles. The Bertz CT molecular complexity index is 707. The van der Waals surface area contributed by atoms with Crippen molar-refractivity contribution in [1.82, 2.24) is 10.2 Å². The van der Waals surface area contributed by atoms with Gasteiger partial charge in [-0.3, -0.25) is 4.79 Å². The third kappa shape index (κ3) is 4.31. The minimum absolute atomic E-state index is 0.0733. The van der Waals surface area contributed by atoms with Crippen LogP contribution in [0.1, 0.15) is 15.9 Å². The smallest absolute Gasteiger partial charge is 0.251 e. The third-order valence-electron chi connectivity index (χ3n) is 4.63. The summed E-state index contributed by atoms with van der Waals surface area (Å²) in [5.74, 6) is 0.674. The predicted molar refractivity (Wildman–Crippen MR) is 100 cm³/mol. The Labute approximate surface area is 149 Å². The monoisotopic (exact) mass is 339 g/mol. The molecule has 5 heteroatoms. The second-order valence-electron chi connectivity index (χ2n) is 6.33. The van der Waals surface area contributed by atoms with E-state index in [4.69, 9.17) is 4.74 Å². The Kier molecular flexibility index (Phi) is 5.56. The molecule has 0 aromatic heterocycles. The zero-order valence-electron chi connectivity index (χ0n) is 14.9. The maximum absolute atomic E-state index is 12.4. The van der Waals surface area contributed by atoms with Gasteiger partial charge in [0.2, 0.25) is 0 Å². The van der Waals surface area contributed by atoms with Gasteiger partial charge in [-0.2, -0.15) is 0 Å². The third-order valence-corrected chi connectivity index (χ3v) is 4.63. The number of carbonyl (C=O) groups excluding carboxylic acids is 1. The summed E-state index contributed by atoms with van der Waals surface area (Å²) in [6.07, 6.45) is 0. The maximum atomic E-state index is 12.4. The van der Waals surface area contributed by atoms with Crippen molar-refractivity contribution in [2.75, 3.05) is 45.2 Å². The molecule has 0 bridgehead atoms. The summed E-state index contributed by atoms with van der Waals surface area (Å²) in [7, 11) is 3.77. The average Bonchev–Trinajstić information content (AvgIpc) is 2.67. The first-order valence-electron chi connectivity index (χ1n) is 8.61. The number of rotatable bonds is 5. The van der Waals surface area contributed by atoms with E-state index in [0.29, 0.717) is 12.1 Å². The van der Waals surface area contributed by atoms with Gasteiger partial charge in [0.15, 0.2) is 0 Å². The van der Waals surface area contributed by atoms with Gasteiger partial charge in [0.1, 0.15) is 5.75 Å². The van der Waals surface area contributed by atoms with Crippen molar-refractivity contribution in [2.24, 2.45) is 0 Å². The van der Waals surface area contributed by atoms with Crippen molar-refractivity contribution in [3.63, 3.8) is 0 Å². The molecule has 3 rings (SSSR count). The van der Waals surface area contributed by atoms with E-state index in [1.54, 1.807) is 31.4 Å². The lowest BCUT2D eigenvalue weighted by atomic mass is 10.1. The predicted octanol–water partition coefficient (Wildman–Crippen LogP) is 2.38. The first kappa shape index (κ1) is 17.3. The number of hydrogen-bond donors (Lipinski definition) is 1. The number of ether oxygens (including phenoxy) is 1. The summed E-state index contributed by atoms with van der Waals surface area (Å²) in [4.78, 5) is 17.1. The number of nitrogens with one attached hydrogen (secondary N) is 1. The lowest BCUT2D eigenvalue weighted by Crippen LogP contribution is -2.45. The number of para-hydroxylation sites is 1. The molecule has 132 valence electrons. The lowest BCUT2D eigenvalue weighted by Gasteiger charge is -2.35. The van der Waals surface area contributed by atoms with Gasteiger partial charge in [0, 0.05) is 44.0 Å². The van der Waals surface area contributed by atoms with Crippen LogP contribution in [0.2, 0.25) is 0 Å². The first-order valence-corrected chi connectivity index (χ1v) is 8.61. The van der Waals surface area contributed by atoms with Crippen molar-refractivity contribution in [3.05, 3.63) is 59.7 Å². The molecule has 1 amide bonds. The van der Waals surface area contributed by atoms with Gasteiger partial charge in [-0.25, -0.2) is 0 Å². The van der Waals surface area contributed by atoms with Crippen LogP contribution in [0.25, 0.3) is 0 Å². The van der Waals surface area contributed by atoms with Crippen LogP contribution < -0.4 is 15.0 Å². The molecular weight excluding hydrogens is 314 g/mol. The van der Waals surface area contributed by atoms with Crippen LogP contribution >= 0.6 is 0 Å². The molecule has 0 aliphatic carbocycles. The summed E-state index contributed by atoms with van der Waals surface area (Å²) in [5.41, 5.74) is 3.00. The van der Waals surface area contributed by atoms with E-state index in [9.17, 15) is 4.79 Å². The van der Waals surface area contributed by atoms with Gasteiger partial charge < -0.3 is 19.9 Å². The highest BCUT2D eigenvalue weighted by molar-refractivity contribution is 5.94. The normalized spacial score (nSPS) is 15.0. The molecule has 5 nitrogen and oxygen atoms in total. The quantitative estimate of drug-likeness (QED) is 0.908. The number of piperazine rings is 1. The Morgan fingerprint density at radius 3 is 2.40 bits per heavy atom. The molecule has 0 spiro atoms. The second kappa shape index (κ2) is 8.03. The van der Waals surface area contributed by atoms with Crippen LogP contribution in [0.4, 0.5) is 5.69 Å². The van der Waals surface area contributed by atoms with Crippen LogP contribution in [0.3, 0.4) is 0 Å². The number of amides is 1. The van der Waals surface area contributed by atoms with Crippen LogP contribution in [0, 0.1) is 0 Å². The minimum atomic E-state index is -0.0733. The summed E-state index contributed by atoms with van der Waals surface area (Å²) in [6, 6.07) is 15.5. The average molecular weight is 339 g/mol. The van der Waals surface area contributed by atoms with Crippen molar-refractivity contribution >= 4 is 11.6 Å². The van der Waals surface area contributed by atoms with Crippen molar-refractivity contribution in [3.8, 4) is 5.75 Å². The Balaban J connectivity index is 1.65. The van der Waals surface area contributed by atoms with E-state index >= 15 is 0 Å². The van der Waals surface area contributed by atoms with E-state index in [-0.39, 0.29) is 5.91 Å². The molecule has 0 unspecified atom stereocenters. The van der Waals surface area contributed by atoms with Gasteiger partial charge in [0.25, 0.3) is 5.91 Å². The summed E-state index contributed by atoms with van der Waals surface area (Å²) in [6.45, 7) is 4.67. The highest BCUT2D eigenvalue weighted by Gasteiger charge is 2.17. The molecule has 1 aliphatic rings. The number of benzene rings is 2. The fourth-order valence-electron chi connectivity index (χ4n) is 3.04. The molecule has 1 aliphatic heterocycles. The highest BCUT2D eigenvalue weighted by Crippen LogP contribution is 2.22. The summed E-state index contributed by atoms with van der Waals surface area (Å²) in [5, 5.41) is 3.02. The largest absolute Gasteiger partial charge is 0.497 e. The molecular formula is C20H25N3O2. The zero-order chi connectivity index (χ0) is 17.6. The maximum Gasteiger partial charge on any atom is 0.251 e. The number of hydrogen-bond acceptors (Lipinski definition) is 4. The van der Waals surface area contributed by atoms with Crippen LogP contribution in [-0.4, -0.2) is 51.1 Å². The number of likely N-dealkylation sites (N-methyl/N-ethyl adjacent to an activating group) is 1. The molecule has 1 fully saturated rings. The number of nitrogens with zero attached hydrogens (tertiary/aromatic N) is 2. The topological polar surface area (TPSA) is 44.8 Å². The molecule has 0 saturated carbocycles. The molecule has 0 radical (unpaired) electrons. The molecule has 25 heavy (non-hydrogen) atoms. The van der Waals surface area contributed by atoms with Gasteiger partial charge in [-0.1, -0.05) is 18.2 Å². The molecule has 0 atom stereocenters. The number of anilines is 1. The van der Waals surface area contributed by atoms with Gasteiger partial charge >= 0.3 is 0 Å². The van der Waals surface area contributed by atoms with Gasteiger partial charge in [-0.15, -0.1) is 0 Å². The Hall–Kier alpha value is -2.53. The van der Waals surface area contributed by atoms with Crippen LogP contribution in [0.5, 0.6) is 5.75 Å². The van der Waals surface area contributed by atoms with E-state index in [0.717, 1.165) is 37.5 Å². The summed E-state index contributed by atoms with van der Waals surface area (Å²) < 4.78 is 5.13. The SMILES string of the molecule is COc1ccc(C(=O)NCc2ccccc2N2CCN(C)CC2)cc1. The second-order valence-corrected chi connectivity index (χ2v) is 6.33. The fourth-order valence-corrected chi connectivity index (χ4v) is 3.04. The van der Waals surface area contributed by atoms with Crippen molar-refractivity contribution < 1.29 is 9.53 Å². The zero-order valence-corrected chi connectivity index (χ0v) is 14.9.